The number of hydrogen-bond donors (Lipinski definition) is 4. The van der Waals surface area contributed by atoms with Gasteiger partial charge in [-0.05, 0) is 160 Å². The van der Waals surface area contributed by atoms with E-state index in [1.807, 2.05) is 103 Å². The number of aliphatic hydroxyl groups excluding tert-OH is 1. The smallest absolute Gasteiger partial charge is 0.329 e. The average Bonchev–Trinajstić information content (AvgIpc) is 1.55. The number of anilines is 4. The topological polar surface area (TPSA) is 426 Å². The van der Waals surface area contributed by atoms with Crippen LogP contribution < -0.4 is 21.3 Å². The van der Waals surface area contributed by atoms with E-state index in [0.717, 1.165) is 46.5 Å². The van der Waals surface area contributed by atoms with E-state index in [9.17, 15) is 39.0 Å². The number of aromatic nitrogens is 9. The van der Waals surface area contributed by atoms with Gasteiger partial charge in [-0.1, -0.05) is 89.3 Å². The number of ketones is 2. The Labute approximate surface area is 783 Å². The summed E-state index contributed by atoms with van der Waals surface area (Å²) in [5, 5.41) is 29.7. The predicted octanol–water partition coefficient (Wildman–Crippen LogP) is 9.63. The summed E-state index contributed by atoms with van der Waals surface area (Å²) in [5.74, 6) is -6.42. The van der Waals surface area contributed by atoms with E-state index >= 15 is 4.79 Å². The first-order chi connectivity index (χ1) is 64.6. The number of nitrogen functional groups attached to an aromatic ring is 2. The molecule has 5 aromatic heterocycles. The lowest BCUT2D eigenvalue weighted by Gasteiger charge is -2.43. The number of ether oxygens (including phenoxy) is 8. The summed E-state index contributed by atoms with van der Waals surface area (Å²) in [6.07, 6.45) is 20.7. The molecule has 2 aromatic carbocycles. The van der Waals surface area contributed by atoms with Crippen molar-refractivity contribution in [3.05, 3.63) is 143 Å². The number of piperidine rings is 1. The van der Waals surface area contributed by atoms with Crippen LogP contribution in [0.5, 0.6) is 0 Å². The SMILES string of the molecule is CO[C@H]1C[C@@H]2CC[C@@H](C)[C@@](O)(O2)C(=O)C(=O)N2CCCC[C@H]2C(=O)O[C@H]([C@H](C)C[C@@H]2CC[C@@H](OC(=O)CCc3cnc(N4CCN(C(=O)CCOCCN5CCN(c6ncc(C(=O)N7CCc8cc(Cn9nc(-c%10ccc%11oc(N)nc%11c%10)c%10c(N)ncnc%109)ccc8C7)cn6)CC5)CC4)nc3)[C@H](OC)C2)C[C@@H](OC)[C@H](C)/C=C(\C)[C@@H](O)[C@@H](OC)C(=O)[C@H](C)C[C@H](C)/C=C/C=C/C=C/1C. The number of carbonyl (C=O) groups excluding carboxylic acids is 7. The number of allylic oxidation sites excluding steroid dienone is 5. The number of rotatable bonds is 23. The van der Waals surface area contributed by atoms with Crippen LogP contribution in [-0.4, -0.2) is 290 Å². The first-order valence-corrected chi connectivity index (χ1v) is 47.5. The van der Waals surface area contributed by atoms with Gasteiger partial charge in [0.05, 0.1) is 61.5 Å². The Balaban J connectivity index is 0.502. The third kappa shape index (κ3) is 24.1. The fourth-order valence-corrected chi connectivity index (χ4v) is 20.0. The highest BCUT2D eigenvalue weighted by Gasteiger charge is 2.54. The number of methoxy groups -OCH3 is 4. The van der Waals surface area contributed by atoms with Gasteiger partial charge in [0.2, 0.25) is 23.6 Å². The Morgan fingerprint density at radius 2 is 1.43 bits per heavy atom. The number of esters is 2. The zero-order chi connectivity index (χ0) is 95.0. The average molecular weight is 1850 g/mol. The normalized spacial score (nSPS) is 28.3. The molecule has 7 aliphatic rings. The molecule has 2 bridgehead atoms. The number of carbonyl (C=O) groups is 7. The number of oxazole rings is 1. The second-order valence-corrected chi connectivity index (χ2v) is 37.5. The summed E-state index contributed by atoms with van der Waals surface area (Å²) in [6.45, 7) is 21.3. The molecule has 14 rings (SSSR count). The molecule has 35 heteroatoms. The van der Waals surface area contributed by atoms with Gasteiger partial charge in [-0.3, -0.25) is 33.7 Å². The van der Waals surface area contributed by atoms with Gasteiger partial charge in [0.1, 0.15) is 53.8 Å². The summed E-state index contributed by atoms with van der Waals surface area (Å²) in [4.78, 5) is 142. The van der Waals surface area contributed by atoms with Gasteiger partial charge in [0, 0.05) is 174 Å². The van der Waals surface area contributed by atoms with Gasteiger partial charge >= 0.3 is 11.9 Å². The molecule has 5 fully saturated rings. The molecule has 16 atom stereocenters. The van der Waals surface area contributed by atoms with E-state index in [-0.39, 0.29) is 79.6 Å². The fourth-order valence-electron chi connectivity index (χ4n) is 20.0. The van der Waals surface area contributed by atoms with Crippen LogP contribution in [0.1, 0.15) is 171 Å². The second kappa shape index (κ2) is 45.6. The van der Waals surface area contributed by atoms with E-state index in [0.29, 0.717) is 212 Å². The van der Waals surface area contributed by atoms with Crippen molar-refractivity contribution < 1.29 is 86.1 Å². The first kappa shape index (κ1) is 99.1. The molecular formula is C99H133N17O18. The van der Waals surface area contributed by atoms with Gasteiger partial charge in [0.25, 0.3) is 23.6 Å². The standard InChI is InChI=1S/C99H133N17O18/c1-60-17-13-12-14-18-61(2)79(126-8)51-74-26-20-66(7)99(125,134-74)90(121)94(123)115-32-16-15-19-76(115)95(124)132-81(52-80(127-9)62(3)46-65(6)88(120)89(129-11)87(119)64(5)45-60)63(4)47-67-22-27-78(82(49-67)128-10)131-84(118)29-23-69-53-102-97(103-54-69)113-40-38-111(39-41-113)83(117)31-43-130-44-42-110-34-36-112(37-35-110)98-104-55-73(56-105-98)93(122)114-33-30-70-48-68(21-24-72(70)58-114)57-116-92-85(91(100)106-59-107-92)86(109-116)71-25-28-77-75(50-71)108-96(101)133-77/h12-14,17-18,21,24-25,28,46,48,50,53-56,59-60,62-64,66-67,74,76,78-82,88-89,120,125H,15-16,19-20,22-23,26-27,29-45,47,49,51-52,57-58H2,1-11H3,(H2,101,108)(H2,100,106,107)/b14-12+,17-13+,61-18+,65-46+/t60-,62-,63-,64-,66-,67+,74+,76+,78-,79+,80-,81+,82-,88-,89+,99-/m1/s1. The van der Waals surface area contributed by atoms with Gasteiger partial charge in [0.15, 0.2) is 17.0 Å². The van der Waals surface area contributed by atoms with Crippen molar-refractivity contribution in [3.63, 3.8) is 0 Å². The van der Waals surface area contributed by atoms with Crippen LogP contribution in [-0.2, 0) is 92.6 Å². The van der Waals surface area contributed by atoms with Crippen LogP contribution in [0.15, 0.2) is 120 Å². The van der Waals surface area contributed by atoms with Gasteiger partial charge < -0.3 is 88.5 Å². The van der Waals surface area contributed by atoms with Crippen molar-refractivity contribution in [1.82, 2.24) is 64.3 Å². The van der Waals surface area contributed by atoms with Crippen molar-refractivity contribution in [3.8, 4) is 11.3 Å². The van der Waals surface area contributed by atoms with Crippen molar-refractivity contribution in [1.29, 1.82) is 0 Å². The number of fused-ring (bicyclic) bond motifs is 6. The zero-order valence-electron chi connectivity index (χ0n) is 79.2. The highest BCUT2D eigenvalue weighted by atomic mass is 16.6. The maximum absolute atomic E-state index is 15.0. The molecule has 7 aromatic rings. The van der Waals surface area contributed by atoms with E-state index < -0.39 is 96.1 Å². The lowest BCUT2D eigenvalue weighted by Crippen LogP contribution is -2.61. The van der Waals surface area contributed by atoms with Crippen LogP contribution in [0, 0.1) is 35.5 Å². The van der Waals surface area contributed by atoms with E-state index in [2.05, 4.69) is 62.9 Å². The molecule has 134 heavy (non-hydrogen) atoms. The molecule has 3 amide bonds. The van der Waals surface area contributed by atoms with Gasteiger partial charge in [-0.2, -0.15) is 10.1 Å². The number of Topliss-reactive ketones (excluding diaryl/α,β-unsaturated/α-hetero) is 2. The summed E-state index contributed by atoms with van der Waals surface area (Å²) in [5.41, 5.74) is 21.2. The molecule has 35 nitrogen and oxygen atoms in total. The first-order valence-electron chi connectivity index (χ1n) is 47.5. The number of benzene rings is 2. The summed E-state index contributed by atoms with van der Waals surface area (Å²) >= 11 is 0. The van der Waals surface area contributed by atoms with Crippen LogP contribution in [0.25, 0.3) is 33.4 Å². The maximum Gasteiger partial charge on any atom is 0.329 e. The summed E-state index contributed by atoms with van der Waals surface area (Å²) in [7, 11) is 6.18. The number of hydrogen-bond acceptors (Lipinski definition) is 31. The number of cyclic esters (lactones) is 1. The number of nitrogens with zero attached hydrogens (tertiary/aromatic N) is 15. The zero-order valence-corrected chi connectivity index (χ0v) is 79.2. The molecule has 1 saturated carbocycles. The minimum absolute atomic E-state index is 0.00473. The van der Waals surface area contributed by atoms with Crippen molar-refractivity contribution >= 4 is 87.1 Å². The fraction of sp³-hybridized carbons (Fsp3) is 0.586. The van der Waals surface area contributed by atoms with Crippen molar-refractivity contribution in [2.24, 2.45) is 35.5 Å². The molecule has 4 saturated heterocycles. The van der Waals surface area contributed by atoms with Gasteiger partial charge in [-0.25, -0.2) is 39.4 Å². The van der Waals surface area contributed by atoms with Crippen LogP contribution in [0.4, 0.5) is 23.7 Å². The number of piperazine rings is 2. The Kier molecular flexibility index (Phi) is 33.7. The Morgan fingerprint density at radius 3 is 2.16 bits per heavy atom. The van der Waals surface area contributed by atoms with Crippen LogP contribution in [0.3, 0.4) is 0 Å². The molecule has 11 heterocycles. The molecule has 0 spiro atoms. The highest BCUT2D eigenvalue weighted by molar-refractivity contribution is 6.39. The molecule has 6 aliphatic heterocycles. The highest BCUT2D eigenvalue weighted by Crippen LogP contribution is 2.41. The number of nitrogens with two attached hydrogens (primary N) is 2. The minimum Gasteiger partial charge on any atom is -0.460 e. The molecular weight excluding hydrogens is 1720 g/mol. The minimum atomic E-state index is -2.46. The van der Waals surface area contributed by atoms with Crippen LogP contribution in [0.2, 0.25) is 0 Å². The summed E-state index contributed by atoms with van der Waals surface area (Å²) < 4.78 is 56.3. The largest absolute Gasteiger partial charge is 0.460 e. The van der Waals surface area contributed by atoms with Crippen LogP contribution >= 0.6 is 0 Å². The third-order valence-corrected chi connectivity index (χ3v) is 28.1. The molecule has 722 valence electrons. The monoisotopic (exact) mass is 1850 g/mol. The van der Waals surface area contributed by atoms with E-state index in [1.165, 1.54) is 18.3 Å². The maximum atomic E-state index is 15.0. The predicted molar refractivity (Wildman–Crippen MR) is 501 cm³/mol. The lowest BCUT2D eigenvalue weighted by atomic mass is 9.78. The number of amides is 3. The van der Waals surface area contributed by atoms with Crippen molar-refractivity contribution in [2.45, 2.75) is 225 Å². The van der Waals surface area contributed by atoms with E-state index in [4.69, 9.17) is 58.9 Å². The number of aryl methyl sites for hydroxylation is 1. The van der Waals surface area contributed by atoms with Gasteiger partial charge in [-0.15, -0.1) is 0 Å². The Morgan fingerprint density at radius 1 is 0.694 bits per heavy atom. The third-order valence-electron chi connectivity index (χ3n) is 28.1. The molecule has 1 aliphatic carbocycles. The molecule has 6 N–H and O–H groups in total. The Hall–Kier alpha value is -10.9. The number of aliphatic hydroxyl groups is 2. The Bertz CT molecular complexity index is 5360. The lowest BCUT2D eigenvalue weighted by molar-refractivity contribution is -0.265. The quantitative estimate of drug-likeness (QED) is 0.0200. The molecule has 0 radical (unpaired) electrons. The molecule has 0 unspecified atom stereocenters. The summed E-state index contributed by atoms with van der Waals surface area (Å²) in [6, 6.07) is 10.8. The van der Waals surface area contributed by atoms with E-state index in [1.54, 1.807) is 66.0 Å². The van der Waals surface area contributed by atoms with Crippen molar-refractivity contribution in [2.75, 3.05) is 135 Å². The second-order valence-electron chi connectivity index (χ2n) is 37.5.